The number of carbonyl (C=O) groups is 2. The van der Waals surface area contributed by atoms with Crippen molar-refractivity contribution in [1.82, 2.24) is 5.43 Å². The van der Waals surface area contributed by atoms with Crippen molar-refractivity contribution in [3.63, 3.8) is 0 Å². The first-order valence-electron chi connectivity index (χ1n) is 5.74. The fourth-order valence-electron chi connectivity index (χ4n) is 1.15. The van der Waals surface area contributed by atoms with Crippen molar-refractivity contribution in [3.8, 4) is 0 Å². The number of carbonyl (C=O) groups excluding carboxylic acids is 2. The molecule has 3 N–H and O–H groups in total. The molecule has 0 unspecified atom stereocenters. The molecule has 0 radical (unpaired) electrons. The minimum atomic E-state index is -0.150. The van der Waals surface area contributed by atoms with Crippen molar-refractivity contribution >= 4 is 11.9 Å². The Labute approximate surface area is 96.7 Å². The maximum Gasteiger partial charge on any atom is 0.308 e. The molecule has 0 fully saturated rings. The Kier molecular flexibility index (Phi) is 8.52. The maximum atomic E-state index is 11.1. The third-order valence-corrected chi connectivity index (χ3v) is 2.17. The Hall–Kier alpha value is -1.10. The summed E-state index contributed by atoms with van der Waals surface area (Å²) in [5, 5.41) is 0. The highest BCUT2D eigenvalue weighted by molar-refractivity contribution is 5.75. The van der Waals surface area contributed by atoms with E-state index >= 15 is 0 Å². The summed E-state index contributed by atoms with van der Waals surface area (Å²) in [6.45, 7) is 4.10. The van der Waals surface area contributed by atoms with Gasteiger partial charge in [0.2, 0.25) is 5.91 Å². The van der Waals surface area contributed by atoms with Crippen LogP contribution < -0.4 is 11.3 Å². The Morgan fingerprint density at radius 3 is 2.38 bits per heavy atom. The van der Waals surface area contributed by atoms with E-state index in [4.69, 9.17) is 10.6 Å². The van der Waals surface area contributed by atoms with Crippen molar-refractivity contribution in [1.29, 1.82) is 0 Å². The Morgan fingerprint density at radius 2 is 1.81 bits per heavy atom. The van der Waals surface area contributed by atoms with Crippen LogP contribution in [0.3, 0.4) is 0 Å². The zero-order valence-corrected chi connectivity index (χ0v) is 10.1. The van der Waals surface area contributed by atoms with Gasteiger partial charge in [0.15, 0.2) is 0 Å². The molecule has 5 nitrogen and oxygen atoms in total. The molecule has 0 saturated heterocycles. The summed E-state index contributed by atoms with van der Waals surface area (Å²) in [5.41, 5.74) is 2.09. The van der Waals surface area contributed by atoms with E-state index in [9.17, 15) is 9.59 Å². The summed E-state index contributed by atoms with van der Waals surface area (Å²) in [7, 11) is 0. The number of hydrogen-bond donors (Lipinski definition) is 2. The molecule has 5 heteroatoms. The van der Waals surface area contributed by atoms with Crippen molar-refractivity contribution in [2.24, 2.45) is 11.8 Å². The van der Waals surface area contributed by atoms with Gasteiger partial charge in [0.25, 0.3) is 0 Å². The second-order valence-corrected chi connectivity index (χ2v) is 4.05. The molecule has 0 atom stereocenters. The highest BCUT2D eigenvalue weighted by Crippen LogP contribution is 2.04. The third kappa shape index (κ3) is 8.23. The smallest absolute Gasteiger partial charge is 0.308 e. The van der Waals surface area contributed by atoms with Crippen molar-refractivity contribution in [3.05, 3.63) is 0 Å². The highest BCUT2D eigenvalue weighted by Gasteiger charge is 2.07. The number of nitrogens with one attached hydrogen (secondary N) is 1. The van der Waals surface area contributed by atoms with E-state index < -0.39 is 0 Å². The van der Waals surface area contributed by atoms with Crippen molar-refractivity contribution < 1.29 is 14.3 Å². The van der Waals surface area contributed by atoms with Crippen LogP contribution in [0.5, 0.6) is 0 Å². The molecule has 0 bridgehead atoms. The zero-order valence-electron chi connectivity index (χ0n) is 10.1. The number of ether oxygens (including phenoxy) is 1. The third-order valence-electron chi connectivity index (χ3n) is 2.17. The van der Waals surface area contributed by atoms with Crippen LogP contribution in [0, 0.1) is 5.92 Å². The molecule has 0 heterocycles. The SMILES string of the molecule is CC(C)C(=O)OCCCCCCC(=O)NN. The van der Waals surface area contributed by atoms with Crippen molar-refractivity contribution in [2.45, 2.75) is 46.0 Å². The van der Waals surface area contributed by atoms with E-state index in [1.807, 2.05) is 13.8 Å². The lowest BCUT2D eigenvalue weighted by atomic mass is 10.1. The minimum absolute atomic E-state index is 0.0618. The Morgan fingerprint density at radius 1 is 1.19 bits per heavy atom. The summed E-state index contributed by atoms with van der Waals surface area (Å²) in [4.78, 5) is 21.8. The van der Waals surface area contributed by atoms with Gasteiger partial charge in [-0.15, -0.1) is 0 Å². The first-order chi connectivity index (χ1) is 7.57. The number of hydrazine groups is 1. The molecular weight excluding hydrogens is 208 g/mol. The van der Waals surface area contributed by atoms with Crippen LogP contribution in [0.15, 0.2) is 0 Å². The van der Waals surface area contributed by atoms with E-state index in [1.54, 1.807) is 0 Å². The van der Waals surface area contributed by atoms with Gasteiger partial charge < -0.3 is 4.74 Å². The summed E-state index contributed by atoms with van der Waals surface area (Å²) in [6, 6.07) is 0. The second kappa shape index (κ2) is 9.15. The average molecular weight is 230 g/mol. The number of unbranched alkanes of at least 4 members (excludes halogenated alkanes) is 3. The number of esters is 1. The largest absolute Gasteiger partial charge is 0.465 e. The zero-order chi connectivity index (χ0) is 12.4. The van der Waals surface area contributed by atoms with Gasteiger partial charge in [-0.1, -0.05) is 26.7 Å². The molecule has 0 aromatic heterocycles. The molecule has 94 valence electrons. The summed E-state index contributed by atoms with van der Waals surface area (Å²) in [6.07, 6.45) is 4.04. The minimum Gasteiger partial charge on any atom is -0.465 e. The van der Waals surface area contributed by atoms with Crippen LogP contribution in [0.1, 0.15) is 46.0 Å². The average Bonchev–Trinajstić information content (AvgIpc) is 2.26. The van der Waals surface area contributed by atoms with Gasteiger partial charge in [0.05, 0.1) is 12.5 Å². The van der Waals surface area contributed by atoms with E-state index in [0.29, 0.717) is 13.0 Å². The lowest BCUT2D eigenvalue weighted by Crippen LogP contribution is -2.29. The van der Waals surface area contributed by atoms with Crippen LogP contribution in [0.4, 0.5) is 0 Å². The van der Waals surface area contributed by atoms with Gasteiger partial charge in [-0.2, -0.15) is 0 Å². The van der Waals surface area contributed by atoms with E-state index in [-0.39, 0.29) is 17.8 Å². The second-order valence-electron chi connectivity index (χ2n) is 4.05. The molecule has 16 heavy (non-hydrogen) atoms. The predicted octanol–water partition coefficient (Wildman–Crippen LogP) is 1.13. The fourth-order valence-corrected chi connectivity index (χ4v) is 1.15. The molecule has 0 saturated carbocycles. The quantitative estimate of drug-likeness (QED) is 0.215. The van der Waals surface area contributed by atoms with Crippen molar-refractivity contribution in [2.75, 3.05) is 6.61 Å². The maximum absolute atomic E-state index is 11.1. The fraction of sp³-hybridized carbons (Fsp3) is 0.818. The molecule has 1 amide bonds. The van der Waals surface area contributed by atoms with Crippen LogP contribution >= 0.6 is 0 Å². The number of amides is 1. The van der Waals surface area contributed by atoms with Gasteiger partial charge >= 0.3 is 5.97 Å². The molecule has 0 spiro atoms. The monoisotopic (exact) mass is 230 g/mol. The molecule has 0 aromatic rings. The van der Waals surface area contributed by atoms with E-state index in [1.165, 1.54) is 0 Å². The van der Waals surface area contributed by atoms with Gasteiger partial charge in [0, 0.05) is 6.42 Å². The summed E-state index contributed by atoms with van der Waals surface area (Å²) in [5.74, 6) is 4.59. The van der Waals surface area contributed by atoms with Crippen LogP contribution in [0.25, 0.3) is 0 Å². The van der Waals surface area contributed by atoms with Gasteiger partial charge in [-0.3, -0.25) is 15.0 Å². The number of nitrogens with two attached hydrogens (primary N) is 1. The van der Waals surface area contributed by atoms with Crippen LogP contribution in [0.2, 0.25) is 0 Å². The van der Waals surface area contributed by atoms with Gasteiger partial charge in [0.1, 0.15) is 0 Å². The molecule has 0 aliphatic carbocycles. The van der Waals surface area contributed by atoms with Crippen LogP contribution in [-0.2, 0) is 14.3 Å². The lowest BCUT2D eigenvalue weighted by Gasteiger charge is -2.06. The molecular formula is C11H22N2O3. The standard InChI is InChI=1S/C11H22N2O3/c1-9(2)11(15)16-8-6-4-3-5-7-10(14)13-12/h9H,3-8,12H2,1-2H3,(H,13,14). The molecule has 0 aromatic carbocycles. The lowest BCUT2D eigenvalue weighted by molar-refractivity contribution is -0.147. The Balaban J connectivity index is 3.22. The van der Waals surface area contributed by atoms with E-state index in [2.05, 4.69) is 5.43 Å². The molecule has 0 aliphatic rings. The molecule has 0 rings (SSSR count). The predicted molar refractivity (Wildman–Crippen MR) is 61.2 cm³/mol. The summed E-state index contributed by atoms with van der Waals surface area (Å²) >= 11 is 0. The molecule has 0 aliphatic heterocycles. The van der Waals surface area contributed by atoms with Crippen LogP contribution in [-0.4, -0.2) is 18.5 Å². The first kappa shape index (κ1) is 14.9. The topological polar surface area (TPSA) is 81.4 Å². The highest BCUT2D eigenvalue weighted by atomic mass is 16.5. The number of hydrogen-bond acceptors (Lipinski definition) is 4. The first-order valence-corrected chi connectivity index (χ1v) is 5.74. The van der Waals surface area contributed by atoms with Gasteiger partial charge in [-0.25, -0.2) is 5.84 Å². The summed E-state index contributed by atoms with van der Waals surface area (Å²) < 4.78 is 5.01. The Bertz CT molecular complexity index is 217. The normalized spacial score (nSPS) is 10.2. The van der Waals surface area contributed by atoms with E-state index in [0.717, 1.165) is 25.7 Å². The van der Waals surface area contributed by atoms with Gasteiger partial charge in [-0.05, 0) is 12.8 Å². The number of rotatable bonds is 8.